The molecule has 1 aromatic heterocycles. The van der Waals surface area contributed by atoms with Gasteiger partial charge in [0, 0.05) is 39.0 Å². The molecule has 1 N–H and O–H groups in total. The Morgan fingerprint density at radius 2 is 2.00 bits per heavy atom. The zero-order chi connectivity index (χ0) is 14.7. The minimum absolute atomic E-state index is 0.242. The Labute approximate surface area is 125 Å². The number of hydrogen-bond acceptors (Lipinski definition) is 3. The minimum atomic E-state index is 0.242. The van der Waals surface area contributed by atoms with Crippen LogP contribution in [0.3, 0.4) is 0 Å². The number of benzene rings is 1. The number of H-pyrrole nitrogens is 1. The Morgan fingerprint density at radius 3 is 2.71 bits per heavy atom. The van der Waals surface area contributed by atoms with Crippen LogP contribution in [0.25, 0.3) is 11.0 Å². The molecule has 5 heteroatoms. The summed E-state index contributed by atoms with van der Waals surface area (Å²) in [5, 5.41) is 0. The number of rotatable bonds is 4. The molecule has 1 saturated heterocycles. The van der Waals surface area contributed by atoms with Gasteiger partial charge in [-0.25, -0.2) is 4.98 Å². The SMILES string of the molecule is CCN1CCN(C(=O)CCc2nc3ccccc3[nH]2)CC1. The quantitative estimate of drug-likeness (QED) is 0.930. The first kappa shape index (κ1) is 14.1. The van der Waals surface area contributed by atoms with Gasteiger partial charge in [0.2, 0.25) is 5.91 Å². The molecule has 1 aliphatic heterocycles. The molecule has 1 aromatic carbocycles. The fourth-order valence-electron chi connectivity index (χ4n) is 2.82. The zero-order valence-corrected chi connectivity index (χ0v) is 12.5. The number of carbonyl (C=O) groups is 1. The summed E-state index contributed by atoms with van der Waals surface area (Å²) in [6, 6.07) is 7.97. The van der Waals surface area contributed by atoms with Gasteiger partial charge in [-0.3, -0.25) is 4.79 Å². The molecule has 2 aromatic rings. The van der Waals surface area contributed by atoms with Crippen molar-refractivity contribution in [3.8, 4) is 0 Å². The highest BCUT2D eigenvalue weighted by Crippen LogP contribution is 2.12. The van der Waals surface area contributed by atoms with Gasteiger partial charge in [-0.2, -0.15) is 0 Å². The van der Waals surface area contributed by atoms with E-state index in [4.69, 9.17) is 0 Å². The number of carbonyl (C=O) groups excluding carboxylic acids is 1. The molecular formula is C16H22N4O. The van der Waals surface area contributed by atoms with Crippen molar-refractivity contribution < 1.29 is 4.79 Å². The summed E-state index contributed by atoms with van der Waals surface area (Å²) in [5.41, 5.74) is 2.01. The summed E-state index contributed by atoms with van der Waals surface area (Å²) >= 11 is 0. The van der Waals surface area contributed by atoms with Crippen molar-refractivity contribution in [2.75, 3.05) is 32.7 Å². The van der Waals surface area contributed by atoms with Crippen LogP contribution in [0.1, 0.15) is 19.2 Å². The van der Waals surface area contributed by atoms with E-state index in [1.54, 1.807) is 0 Å². The molecule has 0 atom stereocenters. The number of piperazine rings is 1. The third kappa shape index (κ3) is 3.24. The summed E-state index contributed by atoms with van der Waals surface area (Å²) in [7, 11) is 0. The van der Waals surface area contributed by atoms with E-state index >= 15 is 0 Å². The van der Waals surface area contributed by atoms with Gasteiger partial charge in [0.15, 0.2) is 0 Å². The number of likely N-dealkylation sites (N-methyl/N-ethyl adjacent to an activating group) is 1. The summed E-state index contributed by atoms with van der Waals surface area (Å²) in [4.78, 5) is 24.4. The fraction of sp³-hybridized carbons (Fsp3) is 0.500. The predicted molar refractivity (Wildman–Crippen MR) is 83.1 cm³/mol. The second-order valence-corrected chi connectivity index (χ2v) is 5.52. The molecule has 21 heavy (non-hydrogen) atoms. The minimum Gasteiger partial charge on any atom is -0.342 e. The van der Waals surface area contributed by atoms with Gasteiger partial charge in [-0.15, -0.1) is 0 Å². The van der Waals surface area contributed by atoms with E-state index in [0.717, 1.165) is 49.6 Å². The highest BCUT2D eigenvalue weighted by atomic mass is 16.2. The number of aryl methyl sites for hydroxylation is 1. The molecule has 0 spiro atoms. The Morgan fingerprint density at radius 1 is 1.24 bits per heavy atom. The second kappa shape index (κ2) is 6.26. The molecule has 0 radical (unpaired) electrons. The van der Waals surface area contributed by atoms with Crippen LogP contribution in [0.5, 0.6) is 0 Å². The largest absolute Gasteiger partial charge is 0.342 e. The average Bonchev–Trinajstić information content (AvgIpc) is 2.95. The summed E-state index contributed by atoms with van der Waals surface area (Å²) < 4.78 is 0. The maximum Gasteiger partial charge on any atom is 0.223 e. The number of aromatic amines is 1. The summed E-state index contributed by atoms with van der Waals surface area (Å²) in [5.74, 6) is 1.14. The number of fused-ring (bicyclic) bond motifs is 1. The zero-order valence-electron chi connectivity index (χ0n) is 12.5. The third-order valence-corrected chi connectivity index (χ3v) is 4.19. The molecule has 0 aliphatic carbocycles. The van der Waals surface area contributed by atoms with Crippen molar-refractivity contribution >= 4 is 16.9 Å². The molecule has 0 saturated carbocycles. The van der Waals surface area contributed by atoms with Crippen LogP contribution in [0.2, 0.25) is 0 Å². The molecule has 1 fully saturated rings. The fourth-order valence-corrected chi connectivity index (χ4v) is 2.82. The summed E-state index contributed by atoms with van der Waals surface area (Å²) in [6.45, 7) is 6.93. The van der Waals surface area contributed by atoms with Crippen molar-refractivity contribution in [3.05, 3.63) is 30.1 Å². The Balaban J connectivity index is 1.54. The van der Waals surface area contributed by atoms with Crippen LogP contribution < -0.4 is 0 Å². The first-order chi connectivity index (χ1) is 10.3. The first-order valence-corrected chi connectivity index (χ1v) is 7.70. The van der Waals surface area contributed by atoms with Gasteiger partial charge in [0.25, 0.3) is 0 Å². The van der Waals surface area contributed by atoms with E-state index in [0.29, 0.717) is 12.8 Å². The van der Waals surface area contributed by atoms with Gasteiger partial charge in [-0.1, -0.05) is 19.1 Å². The van der Waals surface area contributed by atoms with Gasteiger partial charge in [0.05, 0.1) is 11.0 Å². The average molecular weight is 286 g/mol. The van der Waals surface area contributed by atoms with Crippen molar-refractivity contribution in [2.45, 2.75) is 19.8 Å². The van der Waals surface area contributed by atoms with Crippen LogP contribution in [-0.4, -0.2) is 58.4 Å². The number of imidazole rings is 1. The number of para-hydroxylation sites is 2. The lowest BCUT2D eigenvalue weighted by Gasteiger charge is -2.34. The van der Waals surface area contributed by atoms with Gasteiger partial charge < -0.3 is 14.8 Å². The molecule has 3 rings (SSSR count). The van der Waals surface area contributed by atoms with E-state index in [1.807, 2.05) is 29.2 Å². The number of amides is 1. The Bertz CT molecular complexity index is 581. The van der Waals surface area contributed by atoms with Crippen LogP contribution in [0, 0.1) is 0 Å². The molecule has 112 valence electrons. The predicted octanol–water partition coefficient (Wildman–Crippen LogP) is 1.66. The monoisotopic (exact) mass is 286 g/mol. The van der Waals surface area contributed by atoms with Crippen molar-refractivity contribution in [3.63, 3.8) is 0 Å². The van der Waals surface area contributed by atoms with Crippen LogP contribution in [0.4, 0.5) is 0 Å². The Kier molecular flexibility index (Phi) is 4.20. The van der Waals surface area contributed by atoms with Crippen molar-refractivity contribution in [2.24, 2.45) is 0 Å². The van der Waals surface area contributed by atoms with E-state index < -0.39 is 0 Å². The van der Waals surface area contributed by atoms with Gasteiger partial charge >= 0.3 is 0 Å². The third-order valence-electron chi connectivity index (χ3n) is 4.19. The maximum atomic E-state index is 12.2. The lowest BCUT2D eigenvalue weighted by molar-refractivity contribution is -0.132. The van der Waals surface area contributed by atoms with Crippen molar-refractivity contribution in [1.82, 2.24) is 19.8 Å². The highest BCUT2D eigenvalue weighted by molar-refractivity contribution is 5.77. The molecule has 0 bridgehead atoms. The Hall–Kier alpha value is -1.88. The topological polar surface area (TPSA) is 52.2 Å². The second-order valence-electron chi connectivity index (χ2n) is 5.52. The first-order valence-electron chi connectivity index (χ1n) is 7.70. The van der Waals surface area contributed by atoms with Gasteiger partial charge in [-0.05, 0) is 18.7 Å². The van der Waals surface area contributed by atoms with E-state index in [-0.39, 0.29) is 5.91 Å². The van der Waals surface area contributed by atoms with Crippen LogP contribution in [0.15, 0.2) is 24.3 Å². The van der Waals surface area contributed by atoms with Gasteiger partial charge in [0.1, 0.15) is 5.82 Å². The smallest absolute Gasteiger partial charge is 0.223 e. The molecule has 5 nitrogen and oxygen atoms in total. The highest BCUT2D eigenvalue weighted by Gasteiger charge is 2.20. The van der Waals surface area contributed by atoms with Crippen LogP contribution in [-0.2, 0) is 11.2 Å². The number of aromatic nitrogens is 2. The molecule has 0 unspecified atom stereocenters. The number of nitrogens with one attached hydrogen (secondary N) is 1. The molecule has 1 amide bonds. The lowest BCUT2D eigenvalue weighted by atomic mass is 10.2. The van der Waals surface area contributed by atoms with Crippen molar-refractivity contribution in [1.29, 1.82) is 0 Å². The lowest BCUT2D eigenvalue weighted by Crippen LogP contribution is -2.48. The maximum absolute atomic E-state index is 12.2. The molecule has 2 heterocycles. The van der Waals surface area contributed by atoms with E-state index in [2.05, 4.69) is 21.8 Å². The van der Waals surface area contributed by atoms with E-state index in [9.17, 15) is 4.79 Å². The standard InChI is InChI=1S/C16H22N4O/c1-2-19-9-11-20(12-10-19)16(21)8-7-15-17-13-5-3-4-6-14(13)18-15/h3-6H,2,7-12H2,1H3,(H,17,18). The number of nitrogens with zero attached hydrogens (tertiary/aromatic N) is 3. The molecular weight excluding hydrogens is 264 g/mol. The van der Waals surface area contributed by atoms with Crippen LogP contribution >= 0.6 is 0 Å². The summed E-state index contributed by atoms with van der Waals surface area (Å²) in [6.07, 6.45) is 1.22. The number of hydrogen-bond donors (Lipinski definition) is 1. The molecule has 1 aliphatic rings. The normalized spacial score (nSPS) is 16.5. The van der Waals surface area contributed by atoms with E-state index in [1.165, 1.54) is 0 Å².